The number of nitrogens with zero attached hydrogens (tertiary/aromatic N) is 1. The number of carbonyl (C=O) groups is 2. The van der Waals surface area contributed by atoms with Gasteiger partial charge in [0.15, 0.2) is 5.78 Å². The molecule has 2 aromatic carbocycles. The summed E-state index contributed by atoms with van der Waals surface area (Å²) in [6.07, 6.45) is 5.21. The molecule has 0 bridgehead atoms. The molecule has 4 rings (SSSR count). The molecule has 3 aromatic rings. The number of hydrogen-bond acceptors (Lipinski definition) is 6. The summed E-state index contributed by atoms with van der Waals surface area (Å²) in [6.45, 7) is 0. The van der Waals surface area contributed by atoms with Gasteiger partial charge in [-0.05, 0) is 72.7 Å². The third-order valence-electron chi connectivity index (χ3n) is 5.44. The number of aromatic nitrogens is 1. The van der Waals surface area contributed by atoms with Gasteiger partial charge in [-0.2, -0.15) is 0 Å². The van der Waals surface area contributed by atoms with E-state index in [0.29, 0.717) is 11.8 Å². The standard InChI is InChI=1S/C24H20FNO6S/c1-32-23(28)9-4-16-2-7-20(8-3-16)33(30,31)26-21-15-18(25)6-5-17(21)14-22(26)24(29)12-10-19(27)11-13-24/h2-3,5-8,10-15,29H,4,9H2,1H3. The molecule has 0 saturated carbocycles. The van der Waals surface area contributed by atoms with E-state index in [1.165, 1.54) is 49.6 Å². The first-order valence-electron chi connectivity index (χ1n) is 10.0. The summed E-state index contributed by atoms with van der Waals surface area (Å²) in [5.41, 5.74) is -1.17. The number of methoxy groups -OCH3 is 1. The number of ketones is 1. The Bertz CT molecular complexity index is 1400. The first-order valence-corrected chi connectivity index (χ1v) is 11.5. The highest BCUT2D eigenvalue weighted by Gasteiger charge is 2.35. The Labute approximate surface area is 189 Å². The molecule has 0 amide bonds. The highest BCUT2D eigenvalue weighted by molar-refractivity contribution is 7.90. The van der Waals surface area contributed by atoms with Gasteiger partial charge in [0.1, 0.15) is 11.4 Å². The van der Waals surface area contributed by atoms with Crippen molar-refractivity contribution in [1.29, 1.82) is 0 Å². The van der Waals surface area contributed by atoms with Crippen LogP contribution in [0.25, 0.3) is 10.9 Å². The van der Waals surface area contributed by atoms with Gasteiger partial charge in [-0.15, -0.1) is 0 Å². The maximum absolute atomic E-state index is 14.1. The number of hydrogen-bond donors (Lipinski definition) is 1. The number of allylic oxidation sites excluding steroid dienone is 2. The van der Waals surface area contributed by atoms with Crippen LogP contribution >= 0.6 is 0 Å². The molecule has 0 radical (unpaired) electrons. The van der Waals surface area contributed by atoms with Crippen molar-refractivity contribution in [2.75, 3.05) is 7.11 Å². The van der Waals surface area contributed by atoms with Crippen molar-refractivity contribution in [2.45, 2.75) is 23.3 Å². The number of benzene rings is 2. The number of esters is 1. The summed E-state index contributed by atoms with van der Waals surface area (Å²) < 4.78 is 46.9. The fraction of sp³-hybridized carbons (Fsp3) is 0.167. The summed E-state index contributed by atoms with van der Waals surface area (Å²) in [6, 6.07) is 11.1. The Morgan fingerprint density at radius 2 is 1.76 bits per heavy atom. The largest absolute Gasteiger partial charge is 0.469 e. The third kappa shape index (κ3) is 4.24. The van der Waals surface area contributed by atoms with E-state index in [4.69, 9.17) is 0 Å². The molecule has 1 aromatic heterocycles. The van der Waals surface area contributed by atoms with Gasteiger partial charge in [0.05, 0.1) is 23.2 Å². The molecule has 0 saturated heterocycles. The van der Waals surface area contributed by atoms with Crippen LogP contribution in [0.5, 0.6) is 0 Å². The highest BCUT2D eigenvalue weighted by atomic mass is 32.2. The number of ether oxygens (including phenoxy) is 1. The summed E-state index contributed by atoms with van der Waals surface area (Å²) in [4.78, 5) is 22.8. The van der Waals surface area contributed by atoms with Crippen LogP contribution < -0.4 is 0 Å². The first kappa shape index (κ1) is 22.6. The zero-order valence-electron chi connectivity index (χ0n) is 17.6. The van der Waals surface area contributed by atoms with Crippen LogP contribution in [0.2, 0.25) is 0 Å². The molecule has 0 atom stereocenters. The van der Waals surface area contributed by atoms with Gasteiger partial charge in [-0.1, -0.05) is 12.1 Å². The molecule has 1 aliphatic rings. The van der Waals surface area contributed by atoms with Gasteiger partial charge in [0.25, 0.3) is 10.0 Å². The first-order chi connectivity index (χ1) is 15.6. The predicted octanol–water partition coefficient (Wildman–Crippen LogP) is 3.01. The van der Waals surface area contributed by atoms with E-state index >= 15 is 0 Å². The molecule has 0 spiro atoms. The molecule has 1 heterocycles. The van der Waals surface area contributed by atoms with Gasteiger partial charge in [0, 0.05) is 11.8 Å². The van der Waals surface area contributed by atoms with E-state index in [9.17, 15) is 27.5 Å². The van der Waals surface area contributed by atoms with E-state index in [2.05, 4.69) is 4.74 Å². The Balaban J connectivity index is 1.83. The molecule has 7 nitrogen and oxygen atoms in total. The Kier molecular flexibility index (Phi) is 5.77. The molecular formula is C24H20FNO6S. The number of carbonyl (C=O) groups excluding carboxylic acids is 2. The predicted molar refractivity (Wildman–Crippen MR) is 118 cm³/mol. The second kappa shape index (κ2) is 8.42. The number of aliphatic hydroxyl groups is 1. The minimum atomic E-state index is -4.28. The van der Waals surface area contributed by atoms with Crippen molar-refractivity contribution in [2.24, 2.45) is 0 Å². The summed E-state index contributed by atoms with van der Waals surface area (Å²) in [7, 11) is -2.99. The molecule has 1 aliphatic carbocycles. The molecule has 0 fully saturated rings. The Morgan fingerprint density at radius 1 is 1.09 bits per heavy atom. The lowest BCUT2D eigenvalue weighted by atomic mass is 9.94. The SMILES string of the molecule is COC(=O)CCc1ccc(S(=O)(=O)n2c(C3(O)C=CC(=O)C=C3)cc3ccc(F)cc32)cc1. The monoisotopic (exact) mass is 469 g/mol. The average Bonchev–Trinajstić information content (AvgIpc) is 3.20. The average molecular weight is 469 g/mol. The van der Waals surface area contributed by atoms with E-state index < -0.39 is 21.4 Å². The lowest BCUT2D eigenvalue weighted by Crippen LogP contribution is -2.29. The second-order valence-corrected chi connectivity index (χ2v) is 9.40. The number of rotatable bonds is 6. The summed E-state index contributed by atoms with van der Waals surface area (Å²) >= 11 is 0. The molecule has 33 heavy (non-hydrogen) atoms. The fourth-order valence-corrected chi connectivity index (χ4v) is 5.24. The van der Waals surface area contributed by atoms with Crippen LogP contribution in [0, 0.1) is 5.82 Å². The van der Waals surface area contributed by atoms with Gasteiger partial charge >= 0.3 is 5.97 Å². The van der Waals surface area contributed by atoms with Crippen LogP contribution in [0.1, 0.15) is 17.7 Å². The maximum atomic E-state index is 14.1. The van der Waals surface area contributed by atoms with Crippen molar-refractivity contribution in [3.63, 3.8) is 0 Å². The molecule has 9 heteroatoms. The molecule has 1 N–H and O–H groups in total. The topological polar surface area (TPSA) is 103 Å². The Morgan fingerprint density at radius 3 is 2.39 bits per heavy atom. The van der Waals surface area contributed by atoms with E-state index in [-0.39, 0.29) is 34.3 Å². The summed E-state index contributed by atoms with van der Waals surface area (Å²) in [5.74, 6) is -1.37. The number of halogens is 1. The van der Waals surface area contributed by atoms with Crippen molar-refractivity contribution >= 4 is 32.7 Å². The fourth-order valence-electron chi connectivity index (χ4n) is 3.67. The van der Waals surface area contributed by atoms with Gasteiger partial charge in [-0.3, -0.25) is 9.59 Å². The van der Waals surface area contributed by atoms with E-state index in [1.807, 2.05) is 0 Å². The van der Waals surface area contributed by atoms with Crippen molar-refractivity contribution < 1.29 is 32.2 Å². The quantitative estimate of drug-likeness (QED) is 0.557. The van der Waals surface area contributed by atoms with Crippen molar-refractivity contribution in [1.82, 2.24) is 3.97 Å². The number of aryl methyl sites for hydroxylation is 1. The summed E-state index contributed by atoms with van der Waals surface area (Å²) in [5, 5.41) is 11.6. The minimum Gasteiger partial charge on any atom is -0.469 e. The van der Waals surface area contributed by atoms with E-state index in [0.717, 1.165) is 27.8 Å². The van der Waals surface area contributed by atoms with Crippen LogP contribution in [0.3, 0.4) is 0 Å². The van der Waals surface area contributed by atoms with Crippen LogP contribution in [0.15, 0.2) is 77.7 Å². The lowest BCUT2D eigenvalue weighted by Gasteiger charge is -2.25. The van der Waals surface area contributed by atoms with Gasteiger partial charge in [0.2, 0.25) is 0 Å². The maximum Gasteiger partial charge on any atom is 0.305 e. The zero-order valence-corrected chi connectivity index (χ0v) is 18.4. The molecule has 0 aliphatic heterocycles. The highest BCUT2D eigenvalue weighted by Crippen LogP contribution is 2.35. The van der Waals surface area contributed by atoms with E-state index in [1.54, 1.807) is 12.1 Å². The third-order valence-corrected chi connectivity index (χ3v) is 7.19. The lowest BCUT2D eigenvalue weighted by molar-refractivity contribution is -0.140. The molecule has 0 unspecified atom stereocenters. The molecular weight excluding hydrogens is 449 g/mol. The van der Waals surface area contributed by atoms with Crippen LogP contribution in [-0.4, -0.2) is 36.4 Å². The van der Waals surface area contributed by atoms with Gasteiger partial charge in [-0.25, -0.2) is 16.8 Å². The smallest absolute Gasteiger partial charge is 0.305 e. The minimum absolute atomic E-state index is 0.0480. The second-order valence-electron chi connectivity index (χ2n) is 7.62. The van der Waals surface area contributed by atoms with Crippen LogP contribution in [0.4, 0.5) is 4.39 Å². The van der Waals surface area contributed by atoms with Gasteiger partial charge < -0.3 is 9.84 Å². The van der Waals surface area contributed by atoms with Crippen molar-refractivity contribution in [3.05, 3.63) is 89.9 Å². The normalized spacial score (nSPS) is 15.2. The molecule has 170 valence electrons. The zero-order chi connectivity index (χ0) is 23.8. The van der Waals surface area contributed by atoms with Crippen LogP contribution in [-0.2, 0) is 36.4 Å². The Hall–Kier alpha value is -3.56. The number of fused-ring (bicyclic) bond motifs is 1. The van der Waals surface area contributed by atoms with Crippen molar-refractivity contribution in [3.8, 4) is 0 Å².